The number of aromatic nitrogens is 3. The highest BCUT2D eigenvalue weighted by Crippen LogP contribution is 2.11. The van der Waals surface area contributed by atoms with Crippen LogP contribution in [0.1, 0.15) is 29.8 Å². The largest absolute Gasteiger partial charge is 0.306 e. The van der Waals surface area contributed by atoms with Gasteiger partial charge in [0.1, 0.15) is 0 Å². The minimum absolute atomic E-state index is 0.290. The van der Waals surface area contributed by atoms with Gasteiger partial charge in [0.05, 0.1) is 6.20 Å². The molecule has 0 amide bonds. The minimum atomic E-state index is 0.290. The fraction of sp³-hybridized carbons (Fsp3) is 0.333. The zero-order chi connectivity index (χ0) is 11.4. The van der Waals surface area contributed by atoms with Crippen LogP contribution in [0.3, 0.4) is 0 Å². The molecule has 0 aliphatic carbocycles. The fourth-order valence-corrected chi connectivity index (χ4v) is 1.58. The molecule has 0 aliphatic rings. The summed E-state index contributed by atoms with van der Waals surface area (Å²) < 4.78 is 0. The van der Waals surface area contributed by atoms with Crippen molar-refractivity contribution in [3.63, 3.8) is 0 Å². The highest BCUT2D eigenvalue weighted by atomic mass is 15.1. The van der Waals surface area contributed by atoms with Crippen molar-refractivity contribution in [1.82, 2.24) is 20.5 Å². The van der Waals surface area contributed by atoms with Crippen LogP contribution < -0.4 is 5.32 Å². The van der Waals surface area contributed by atoms with Gasteiger partial charge >= 0.3 is 0 Å². The van der Waals surface area contributed by atoms with E-state index in [0.717, 1.165) is 12.2 Å². The molecule has 4 heteroatoms. The molecule has 4 nitrogen and oxygen atoms in total. The molecular formula is C12H16N4. The average Bonchev–Trinajstić information content (AvgIpc) is 2.81. The summed E-state index contributed by atoms with van der Waals surface area (Å²) >= 11 is 0. The Hall–Kier alpha value is -1.68. The molecule has 1 atom stereocenters. The number of H-pyrrole nitrogens is 1. The Kier molecular flexibility index (Phi) is 3.31. The molecule has 0 saturated heterocycles. The van der Waals surface area contributed by atoms with Gasteiger partial charge in [-0.1, -0.05) is 6.07 Å². The van der Waals surface area contributed by atoms with E-state index >= 15 is 0 Å². The van der Waals surface area contributed by atoms with E-state index in [4.69, 9.17) is 0 Å². The van der Waals surface area contributed by atoms with Gasteiger partial charge in [-0.3, -0.25) is 10.1 Å². The van der Waals surface area contributed by atoms with Gasteiger partial charge in [-0.2, -0.15) is 5.10 Å². The predicted molar refractivity (Wildman–Crippen MR) is 62.8 cm³/mol. The van der Waals surface area contributed by atoms with E-state index in [1.807, 2.05) is 31.6 Å². The van der Waals surface area contributed by atoms with Gasteiger partial charge < -0.3 is 5.32 Å². The van der Waals surface area contributed by atoms with Crippen LogP contribution in [-0.2, 0) is 6.54 Å². The number of aromatic amines is 1. The number of rotatable bonds is 4. The zero-order valence-electron chi connectivity index (χ0n) is 9.57. The van der Waals surface area contributed by atoms with Crippen molar-refractivity contribution >= 4 is 0 Å². The first-order valence-corrected chi connectivity index (χ1v) is 5.40. The molecule has 0 saturated carbocycles. The Labute approximate surface area is 95.1 Å². The summed E-state index contributed by atoms with van der Waals surface area (Å²) in [6, 6.07) is 4.35. The topological polar surface area (TPSA) is 53.6 Å². The Bertz CT molecular complexity index is 436. The molecule has 2 N–H and O–H groups in total. The zero-order valence-corrected chi connectivity index (χ0v) is 9.57. The van der Waals surface area contributed by atoms with Crippen LogP contribution >= 0.6 is 0 Å². The molecule has 2 rings (SSSR count). The van der Waals surface area contributed by atoms with Crippen molar-refractivity contribution in [2.75, 3.05) is 0 Å². The number of aryl methyl sites for hydroxylation is 1. The van der Waals surface area contributed by atoms with Crippen molar-refractivity contribution in [1.29, 1.82) is 0 Å². The van der Waals surface area contributed by atoms with Gasteiger partial charge in [0.2, 0.25) is 0 Å². The van der Waals surface area contributed by atoms with Crippen LogP contribution in [-0.4, -0.2) is 15.2 Å². The van der Waals surface area contributed by atoms with Crippen molar-refractivity contribution < 1.29 is 0 Å². The summed E-state index contributed by atoms with van der Waals surface area (Å²) in [5.41, 5.74) is 3.48. The predicted octanol–water partition coefficient (Wildman–Crippen LogP) is 1.96. The molecule has 0 fully saturated rings. The Morgan fingerprint density at radius 3 is 3.06 bits per heavy atom. The van der Waals surface area contributed by atoms with E-state index < -0.39 is 0 Å². The first-order chi connectivity index (χ1) is 7.77. The third-order valence-electron chi connectivity index (χ3n) is 2.73. The number of pyridine rings is 1. The molecule has 2 heterocycles. The van der Waals surface area contributed by atoms with Crippen LogP contribution in [0.2, 0.25) is 0 Å². The normalized spacial score (nSPS) is 12.6. The van der Waals surface area contributed by atoms with Gasteiger partial charge in [0.25, 0.3) is 0 Å². The van der Waals surface area contributed by atoms with Crippen LogP contribution in [0.25, 0.3) is 0 Å². The number of hydrogen-bond donors (Lipinski definition) is 2. The maximum atomic E-state index is 4.26. The monoisotopic (exact) mass is 216 g/mol. The molecule has 0 aliphatic heterocycles. The molecule has 0 bridgehead atoms. The molecule has 0 aromatic carbocycles. The second kappa shape index (κ2) is 4.90. The van der Waals surface area contributed by atoms with Crippen molar-refractivity contribution in [2.45, 2.75) is 26.4 Å². The molecule has 84 valence electrons. The van der Waals surface area contributed by atoms with Crippen LogP contribution in [0.15, 0.2) is 30.7 Å². The smallest absolute Gasteiger partial charge is 0.0534 e. The number of nitrogens with one attached hydrogen (secondary N) is 2. The van der Waals surface area contributed by atoms with Gasteiger partial charge in [-0.15, -0.1) is 0 Å². The van der Waals surface area contributed by atoms with E-state index in [1.54, 1.807) is 0 Å². The Morgan fingerprint density at radius 2 is 2.38 bits per heavy atom. The molecule has 1 unspecified atom stereocenters. The number of nitrogens with zero attached hydrogens (tertiary/aromatic N) is 2. The maximum Gasteiger partial charge on any atom is 0.0534 e. The van der Waals surface area contributed by atoms with Gasteiger partial charge in [-0.25, -0.2) is 0 Å². The summed E-state index contributed by atoms with van der Waals surface area (Å²) in [4.78, 5) is 4.26. The van der Waals surface area contributed by atoms with Crippen LogP contribution in [0.4, 0.5) is 0 Å². The first kappa shape index (κ1) is 10.8. The lowest BCUT2D eigenvalue weighted by Gasteiger charge is -2.12. The third kappa shape index (κ3) is 2.46. The summed E-state index contributed by atoms with van der Waals surface area (Å²) in [6.45, 7) is 4.97. The summed E-state index contributed by atoms with van der Waals surface area (Å²) in [6.07, 6.45) is 5.57. The molecule has 2 aromatic rings. The lowest BCUT2D eigenvalue weighted by molar-refractivity contribution is 0.572. The van der Waals surface area contributed by atoms with E-state index in [9.17, 15) is 0 Å². The van der Waals surface area contributed by atoms with Gasteiger partial charge in [0, 0.05) is 36.2 Å². The van der Waals surface area contributed by atoms with E-state index in [1.165, 1.54) is 11.1 Å². The fourth-order valence-electron chi connectivity index (χ4n) is 1.58. The molecule has 0 spiro atoms. The van der Waals surface area contributed by atoms with E-state index in [0.29, 0.717) is 6.04 Å². The standard InChI is InChI=1S/C12H16N4/c1-9-11(4-3-5-13-9)6-14-10(2)12-7-15-16-8-12/h3-5,7-8,10,14H,6H2,1-2H3,(H,15,16). The van der Waals surface area contributed by atoms with Crippen LogP contribution in [0, 0.1) is 6.92 Å². The summed E-state index contributed by atoms with van der Waals surface area (Å²) in [7, 11) is 0. The molecule has 2 aromatic heterocycles. The minimum Gasteiger partial charge on any atom is -0.306 e. The Morgan fingerprint density at radius 1 is 1.50 bits per heavy atom. The highest BCUT2D eigenvalue weighted by Gasteiger charge is 2.06. The van der Waals surface area contributed by atoms with E-state index in [2.05, 4.69) is 33.5 Å². The highest BCUT2D eigenvalue weighted by molar-refractivity contribution is 5.18. The van der Waals surface area contributed by atoms with Crippen LogP contribution in [0.5, 0.6) is 0 Å². The lowest BCUT2D eigenvalue weighted by atomic mass is 10.1. The average molecular weight is 216 g/mol. The van der Waals surface area contributed by atoms with Gasteiger partial charge in [0.15, 0.2) is 0 Å². The summed E-state index contributed by atoms with van der Waals surface area (Å²) in [5.74, 6) is 0. The first-order valence-electron chi connectivity index (χ1n) is 5.40. The van der Waals surface area contributed by atoms with E-state index in [-0.39, 0.29) is 0 Å². The quantitative estimate of drug-likeness (QED) is 0.821. The van der Waals surface area contributed by atoms with Crippen molar-refractivity contribution in [2.24, 2.45) is 0 Å². The SMILES string of the molecule is Cc1ncccc1CNC(C)c1cn[nH]c1. The van der Waals surface area contributed by atoms with Crippen molar-refractivity contribution in [3.05, 3.63) is 47.5 Å². The second-order valence-corrected chi connectivity index (χ2v) is 3.88. The number of hydrogen-bond acceptors (Lipinski definition) is 3. The third-order valence-corrected chi connectivity index (χ3v) is 2.73. The van der Waals surface area contributed by atoms with Crippen molar-refractivity contribution in [3.8, 4) is 0 Å². The maximum absolute atomic E-state index is 4.26. The van der Waals surface area contributed by atoms with Gasteiger partial charge in [-0.05, 0) is 25.5 Å². The molecule has 0 radical (unpaired) electrons. The lowest BCUT2D eigenvalue weighted by Crippen LogP contribution is -2.18. The second-order valence-electron chi connectivity index (χ2n) is 3.88. The molecular weight excluding hydrogens is 200 g/mol. The Balaban J connectivity index is 1.95. The molecule has 16 heavy (non-hydrogen) atoms. The summed E-state index contributed by atoms with van der Waals surface area (Å²) in [5, 5.41) is 10.2.